The molecular weight excluding hydrogens is 174 g/mol. The van der Waals surface area contributed by atoms with Gasteiger partial charge >= 0.3 is 0 Å². The third-order valence-electron chi connectivity index (χ3n) is 2.73. The van der Waals surface area contributed by atoms with Crippen LogP contribution in [0.25, 0.3) is 0 Å². The Hall–Kier alpha value is -1.15. The maximum absolute atomic E-state index is 11.2. The molecule has 74 valence electrons. The van der Waals surface area contributed by atoms with Gasteiger partial charge in [-0.1, -0.05) is 12.1 Å². The maximum atomic E-state index is 11.2. The molecule has 0 radical (unpaired) electrons. The van der Waals surface area contributed by atoms with E-state index in [-0.39, 0.29) is 5.78 Å². The Balaban J connectivity index is 2.37. The zero-order chi connectivity index (χ0) is 9.97. The van der Waals surface area contributed by atoms with Crippen LogP contribution in [0.3, 0.4) is 0 Å². The fraction of sp³-hybridized carbons (Fsp3) is 0.417. The van der Waals surface area contributed by atoms with E-state index < -0.39 is 0 Å². The smallest absolute Gasteiger partial charge is 0.159 e. The number of ketones is 1. The molecule has 1 aromatic carbocycles. The first kappa shape index (κ1) is 9.41. The van der Waals surface area contributed by atoms with Gasteiger partial charge in [0.1, 0.15) is 0 Å². The predicted molar refractivity (Wildman–Crippen MR) is 56.5 cm³/mol. The van der Waals surface area contributed by atoms with Crippen LogP contribution in [-0.4, -0.2) is 12.3 Å². The van der Waals surface area contributed by atoms with Crippen molar-refractivity contribution in [1.82, 2.24) is 5.32 Å². The minimum absolute atomic E-state index is 0.150. The zero-order valence-electron chi connectivity index (χ0n) is 8.47. The first-order chi connectivity index (χ1) is 6.77. The van der Waals surface area contributed by atoms with Crippen molar-refractivity contribution in [2.75, 3.05) is 6.54 Å². The molecule has 1 N–H and O–H groups in total. The number of Topliss-reactive ketones (excluding diaryl/α,β-unsaturated/α-hetero) is 1. The lowest BCUT2D eigenvalue weighted by Gasteiger charge is -2.06. The summed E-state index contributed by atoms with van der Waals surface area (Å²) in [7, 11) is 0. The first-order valence-corrected chi connectivity index (χ1v) is 5.11. The van der Waals surface area contributed by atoms with Gasteiger partial charge in [-0.05, 0) is 43.5 Å². The van der Waals surface area contributed by atoms with Crippen LogP contribution in [0.2, 0.25) is 0 Å². The molecule has 1 aliphatic rings. The summed E-state index contributed by atoms with van der Waals surface area (Å²) in [5.41, 5.74) is 3.50. The van der Waals surface area contributed by atoms with Crippen molar-refractivity contribution in [3.05, 3.63) is 34.9 Å². The van der Waals surface area contributed by atoms with E-state index in [1.54, 1.807) is 6.92 Å². The number of hydrogen-bond acceptors (Lipinski definition) is 2. The van der Waals surface area contributed by atoms with Crippen LogP contribution in [-0.2, 0) is 13.0 Å². The number of aryl methyl sites for hydroxylation is 1. The van der Waals surface area contributed by atoms with Gasteiger partial charge in [-0.25, -0.2) is 0 Å². The third kappa shape index (κ3) is 1.85. The van der Waals surface area contributed by atoms with Crippen LogP contribution < -0.4 is 5.32 Å². The van der Waals surface area contributed by atoms with E-state index in [1.807, 2.05) is 12.1 Å². The van der Waals surface area contributed by atoms with E-state index in [2.05, 4.69) is 11.4 Å². The van der Waals surface area contributed by atoms with Gasteiger partial charge in [-0.3, -0.25) is 4.79 Å². The molecule has 2 heteroatoms. The van der Waals surface area contributed by atoms with E-state index >= 15 is 0 Å². The molecule has 2 nitrogen and oxygen atoms in total. The summed E-state index contributed by atoms with van der Waals surface area (Å²) in [6.07, 6.45) is 2.31. The largest absolute Gasteiger partial charge is 0.313 e. The zero-order valence-corrected chi connectivity index (χ0v) is 8.47. The van der Waals surface area contributed by atoms with Gasteiger partial charge in [0, 0.05) is 12.1 Å². The van der Waals surface area contributed by atoms with Crippen LogP contribution in [0.4, 0.5) is 0 Å². The van der Waals surface area contributed by atoms with Crippen molar-refractivity contribution in [1.29, 1.82) is 0 Å². The van der Waals surface area contributed by atoms with Crippen LogP contribution in [0.5, 0.6) is 0 Å². The molecule has 0 bridgehead atoms. The fourth-order valence-corrected chi connectivity index (χ4v) is 1.88. The van der Waals surface area contributed by atoms with Crippen molar-refractivity contribution in [2.45, 2.75) is 26.3 Å². The van der Waals surface area contributed by atoms with Gasteiger partial charge in [0.2, 0.25) is 0 Å². The number of hydrogen-bond donors (Lipinski definition) is 1. The molecule has 0 saturated heterocycles. The summed E-state index contributed by atoms with van der Waals surface area (Å²) in [5, 5.41) is 3.36. The third-order valence-corrected chi connectivity index (χ3v) is 2.73. The lowest BCUT2D eigenvalue weighted by molar-refractivity contribution is 0.101. The molecule has 14 heavy (non-hydrogen) atoms. The van der Waals surface area contributed by atoms with E-state index in [0.29, 0.717) is 0 Å². The van der Waals surface area contributed by atoms with E-state index in [0.717, 1.165) is 25.1 Å². The van der Waals surface area contributed by atoms with Crippen molar-refractivity contribution in [3.63, 3.8) is 0 Å². The fourth-order valence-electron chi connectivity index (χ4n) is 1.88. The normalized spacial score (nSPS) is 15.8. The standard InChI is InChI=1S/C12H15NO/c1-9(14)11-5-4-10-3-2-6-13-8-12(10)7-11/h4-5,7,13H,2-3,6,8H2,1H3. The van der Waals surface area contributed by atoms with Crippen molar-refractivity contribution in [2.24, 2.45) is 0 Å². The molecule has 0 spiro atoms. The molecule has 0 saturated carbocycles. The molecule has 0 aliphatic carbocycles. The highest BCUT2D eigenvalue weighted by molar-refractivity contribution is 5.94. The summed E-state index contributed by atoms with van der Waals surface area (Å²) >= 11 is 0. The highest BCUT2D eigenvalue weighted by Gasteiger charge is 2.09. The summed E-state index contributed by atoms with van der Waals surface area (Å²) < 4.78 is 0. The lowest BCUT2D eigenvalue weighted by atomic mass is 10.00. The molecule has 1 aliphatic heterocycles. The molecule has 0 atom stereocenters. The summed E-state index contributed by atoms with van der Waals surface area (Å²) in [5.74, 6) is 0.150. The van der Waals surface area contributed by atoms with Crippen molar-refractivity contribution >= 4 is 5.78 Å². The molecule has 0 aromatic heterocycles. The molecule has 0 amide bonds. The molecule has 1 heterocycles. The van der Waals surface area contributed by atoms with E-state index in [1.165, 1.54) is 17.5 Å². The topological polar surface area (TPSA) is 29.1 Å². The second-order valence-corrected chi connectivity index (χ2v) is 3.82. The molecule has 0 unspecified atom stereocenters. The SMILES string of the molecule is CC(=O)c1ccc2c(c1)CNCCC2. The minimum atomic E-state index is 0.150. The number of nitrogens with one attached hydrogen (secondary N) is 1. The number of fused-ring (bicyclic) bond motifs is 1. The number of carbonyl (C=O) groups is 1. The van der Waals surface area contributed by atoms with Gasteiger partial charge in [0.05, 0.1) is 0 Å². The van der Waals surface area contributed by atoms with Gasteiger partial charge < -0.3 is 5.32 Å². The van der Waals surface area contributed by atoms with Crippen LogP contribution in [0.1, 0.15) is 34.8 Å². The summed E-state index contributed by atoms with van der Waals surface area (Å²) in [6, 6.07) is 6.06. The summed E-state index contributed by atoms with van der Waals surface area (Å²) in [6.45, 7) is 3.59. The van der Waals surface area contributed by atoms with Crippen LogP contribution in [0.15, 0.2) is 18.2 Å². The summed E-state index contributed by atoms with van der Waals surface area (Å²) in [4.78, 5) is 11.2. The van der Waals surface area contributed by atoms with Crippen LogP contribution >= 0.6 is 0 Å². The second-order valence-electron chi connectivity index (χ2n) is 3.82. The van der Waals surface area contributed by atoms with Gasteiger partial charge in [-0.15, -0.1) is 0 Å². The highest BCUT2D eigenvalue weighted by Crippen LogP contribution is 2.16. The molecular formula is C12H15NO. The van der Waals surface area contributed by atoms with Gasteiger partial charge in [0.15, 0.2) is 5.78 Å². The predicted octanol–water partition coefficient (Wildman–Crippen LogP) is 1.93. The molecule has 1 aromatic rings. The lowest BCUT2D eigenvalue weighted by Crippen LogP contribution is -2.12. The monoisotopic (exact) mass is 189 g/mol. The number of carbonyl (C=O) groups excluding carboxylic acids is 1. The Labute approximate surface area is 84.3 Å². The van der Waals surface area contributed by atoms with E-state index in [9.17, 15) is 4.79 Å². The highest BCUT2D eigenvalue weighted by atomic mass is 16.1. The second kappa shape index (κ2) is 3.93. The Kier molecular flexibility index (Phi) is 2.64. The Morgan fingerprint density at radius 3 is 3.00 bits per heavy atom. The Morgan fingerprint density at radius 1 is 1.36 bits per heavy atom. The number of benzene rings is 1. The van der Waals surface area contributed by atoms with E-state index in [4.69, 9.17) is 0 Å². The average molecular weight is 189 g/mol. The Morgan fingerprint density at radius 2 is 2.21 bits per heavy atom. The molecule has 0 fully saturated rings. The Bertz CT molecular complexity index is 357. The molecule has 2 rings (SSSR count). The first-order valence-electron chi connectivity index (χ1n) is 5.11. The average Bonchev–Trinajstić information content (AvgIpc) is 2.41. The number of rotatable bonds is 1. The maximum Gasteiger partial charge on any atom is 0.159 e. The van der Waals surface area contributed by atoms with Gasteiger partial charge in [-0.2, -0.15) is 0 Å². The quantitative estimate of drug-likeness (QED) is 0.684. The minimum Gasteiger partial charge on any atom is -0.313 e. The van der Waals surface area contributed by atoms with Crippen LogP contribution in [0, 0.1) is 0 Å². The van der Waals surface area contributed by atoms with Crippen molar-refractivity contribution in [3.8, 4) is 0 Å². The van der Waals surface area contributed by atoms with Gasteiger partial charge in [0.25, 0.3) is 0 Å². The van der Waals surface area contributed by atoms with Crippen molar-refractivity contribution < 1.29 is 4.79 Å².